The number of hydrogen-bond acceptors (Lipinski definition) is 3. The number of hydrogen-bond donors (Lipinski definition) is 2. The molecular formula is C10H20N2O2. The van der Waals surface area contributed by atoms with Crippen LogP contribution in [0.2, 0.25) is 0 Å². The highest BCUT2D eigenvalue weighted by molar-refractivity contribution is 5.78. The zero-order valence-corrected chi connectivity index (χ0v) is 9.21. The quantitative estimate of drug-likeness (QED) is 0.657. The lowest BCUT2D eigenvalue weighted by Crippen LogP contribution is -2.56. The van der Waals surface area contributed by atoms with E-state index in [1.54, 1.807) is 14.0 Å². The van der Waals surface area contributed by atoms with Gasteiger partial charge in [-0.1, -0.05) is 6.92 Å². The highest BCUT2D eigenvalue weighted by atomic mass is 16.4. The third-order valence-corrected chi connectivity index (χ3v) is 3.01. The van der Waals surface area contributed by atoms with Gasteiger partial charge in [0.2, 0.25) is 0 Å². The number of carboxylic acid groups (broad SMARTS) is 1. The predicted octanol–water partition coefficient (Wildman–Crippen LogP) is 0.533. The molecule has 0 aliphatic heterocycles. The Bertz CT molecular complexity index is 216. The lowest BCUT2D eigenvalue weighted by molar-refractivity contribution is -0.144. The van der Waals surface area contributed by atoms with Crippen molar-refractivity contribution in [3.05, 3.63) is 0 Å². The van der Waals surface area contributed by atoms with Crippen molar-refractivity contribution in [2.75, 3.05) is 20.1 Å². The summed E-state index contributed by atoms with van der Waals surface area (Å²) in [5.74, 6) is -0.779. The molecule has 4 heteroatoms. The molecule has 0 aromatic heterocycles. The molecular weight excluding hydrogens is 180 g/mol. The minimum atomic E-state index is -0.821. The number of carbonyl (C=O) groups is 1. The second kappa shape index (κ2) is 4.28. The molecule has 0 aromatic rings. The molecule has 0 bridgehead atoms. The Morgan fingerprint density at radius 3 is 2.50 bits per heavy atom. The molecule has 14 heavy (non-hydrogen) atoms. The van der Waals surface area contributed by atoms with Crippen molar-refractivity contribution >= 4 is 5.97 Å². The van der Waals surface area contributed by atoms with Gasteiger partial charge >= 0.3 is 5.97 Å². The van der Waals surface area contributed by atoms with Crippen molar-refractivity contribution in [1.82, 2.24) is 10.2 Å². The smallest absolute Gasteiger partial charge is 0.324 e. The fourth-order valence-corrected chi connectivity index (χ4v) is 1.60. The summed E-state index contributed by atoms with van der Waals surface area (Å²) in [5.41, 5.74) is -0.821. The van der Waals surface area contributed by atoms with Crippen molar-refractivity contribution in [3.63, 3.8) is 0 Å². The molecule has 1 fully saturated rings. The second-order valence-electron chi connectivity index (χ2n) is 4.18. The van der Waals surface area contributed by atoms with Crippen LogP contribution in [0.4, 0.5) is 0 Å². The van der Waals surface area contributed by atoms with Crippen LogP contribution < -0.4 is 5.32 Å². The van der Waals surface area contributed by atoms with Crippen LogP contribution in [0.5, 0.6) is 0 Å². The van der Waals surface area contributed by atoms with Gasteiger partial charge in [0.15, 0.2) is 0 Å². The van der Waals surface area contributed by atoms with Gasteiger partial charge in [0, 0.05) is 12.6 Å². The average Bonchev–Trinajstić information content (AvgIpc) is 2.96. The van der Waals surface area contributed by atoms with E-state index in [4.69, 9.17) is 5.11 Å². The van der Waals surface area contributed by atoms with Crippen LogP contribution in [-0.2, 0) is 4.79 Å². The maximum Gasteiger partial charge on any atom is 0.324 e. The number of likely N-dealkylation sites (N-methyl/N-ethyl adjacent to an activating group) is 2. The van der Waals surface area contributed by atoms with Gasteiger partial charge in [0.05, 0.1) is 0 Å². The molecule has 0 spiro atoms. The molecule has 0 radical (unpaired) electrons. The highest BCUT2D eigenvalue weighted by Gasteiger charge is 2.37. The number of rotatable bonds is 6. The van der Waals surface area contributed by atoms with Gasteiger partial charge in [0.1, 0.15) is 5.54 Å². The molecule has 4 nitrogen and oxygen atoms in total. The monoisotopic (exact) mass is 200 g/mol. The van der Waals surface area contributed by atoms with Crippen LogP contribution in [0, 0.1) is 0 Å². The fraction of sp³-hybridized carbons (Fsp3) is 0.900. The standard InChI is InChI=1S/C10H20N2O2/c1-4-12(8-5-6-8)7-10(2,11-3)9(13)14/h8,11H,4-7H2,1-3H3,(H,13,14). The van der Waals surface area contributed by atoms with Gasteiger partial charge in [-0.15, -0.1) is 0 Å². The molecule has 0 saturated heterocycles. The van der Waals surface area contributed by atoms with Crippen molar-refractivity contribution < 1.29 is 9.90 Å². The van der Waals surface area contributed by atoms with Crippen molar-refractivity contribution in [1.29, 1.82) is 0 Å². The molecule has 0 amide bonds. The number of nitrogens with zero attached hydrogens (tertiary/aromatic N) is 1. The molecule has 0 aromatic carbocycles. The molecule has 1 unspecified atom stereocenters. The van der Waals surface area contributed by atoms with Crippen LogP contribution >= 0.6 is 0 Å². The van der Waals surface area contributed by atoms with Gasteiger partial charge < -0.3 is 10.4 Å². The Hall–Kier alpha value is -0.610. The lowest BCUT2D eigenvalue weighted by Gasteiger charge is -2.31. The topological polar surface area (TPSA) is 52.6 Å². The Morgan fingerprint density at radius 2 is 2.21 bits per heavy atom. The second-order valence-corrected chi connectivity index (χ2v) is 4.18. The molecule has 2 N–H and O–H groups in total. The van der Waals surface area contributed by atoms with Crippen LogP contribution in [0.1, 0.15) is 26.7 Å². The molecule has 1 aliphatic carbocycles. The molecule has 1 aliphatic rings. The Balaban J connectivity index is 2.57. The Morgan fingerprint density at radius 1 is 1.64 bits per heavy atom. The summed E-state index contributed by atoms with van der Waals surface area (Å²) < 4.78 is 0. The first-order valence-electron chi connectivity index (χ1n) is 5.20. The molecule has 82 valence electrons. The third kappa shape index (κ3) is 2.45. The van der Waals surface area contributed by atoms with Gasteiger partial charge in [-0.25, -0.2) is 0 Å². The van der Waals surface area contributed by atoms with E-state index in [1.165, 1.54) is 12.8 Å². The average molecular weight is 200 g/mol. The van der Waals surface area contributed by atoms with E-state index in [-0.39, 0.29) is 0 Å². The highest BCUT2D eigenvalue weighted by Crippen LogP contribution is 2.27. The first-order valence-corrected chi connectivity index (χ1v) is 5.20. The minimum absolute atomic E-state index is 0.583. The van der Waals surface area contributed by atoms with Gasteiger partial charge in [-0.05, 0) is 33.4 Å². The minimum Gasteiger partial charge on any atom is -0.480 e. The zero-order valence-electron chi connectivity index (χ0n) is 9.21. The van der Waals surface area contributed by atoms with Crippen molar-refractivity contribution in [2.24, 2.45) is 0 Å². The number of carboxylic acids is 1. The first-order chi connectivity index (χ1) is 6.53. The van der Waals surface area contributed by atoms with Crippen molar-refractivity contribution in [2.45, 2.75) is 38.3 Å². The fourth-order valence-electron chi connectivity index (χ4n) is 1.60. The van der Waals surface area contributed by atoms with Gasteiger partial charge in [-0.3, -0.25) is 9.69 Å². The van der Waals surface area contributed by atoms with Crippen LogP contribution in [0.3, 0.4) is 0 Å². The predicted molar refractivity (Wildman–Crippen MR) is 55.4 cm³/mol. The summed E-state index contributed by atoms with van der Waals surface area (Å²) in [6, 6.07) is 0.618. The van der Waals surface area contributed by atoms with E-state index >= 15 is 0 Å². The van der Waals surface area contributed by atoms with Gasteiger partial charge in [0.25, 0.3) is 0 Å². The largest absolute Gasteiger partial charge is 0.480 e. The summed E-state index contributed by atoms with van der Waals surface area (Å²) in [6.07, 6.45) is 2.43. The Kier molecular flexibility index (Phi) is 3.50. The molecule has 1 saturated carbocycles. The maximum absolute atomic E-state index is 11.1. The van der Waals surface area contributed by atoms with E-state index in [0.717, 1.165) is 6.54 Å². The summed E-state index contributed by atoms with van der Waals surface area (Å²) in [7, 11) is 1.70. The first kappa shape index (κ1) is 11.5. The summed E-state index contributed by atoms with van der Waals surface area (Å²) in [5, 5.41) is 12.0. The third-order valence-electron chi connectivity index (χ3n) is 3.01. The van der Waals surface area contributed by atoms with Crippen LogP contribution in [0.15, 0.2) is 0 Å². The maximum atomic E-state index is 11.1. The summed E-state index contributed by atoms with van der Waals surface area (Å²) >= 11 is 0. The van der Waals surface area contributed by atoms with Crippen molar-refractivity contribution in [3.8, 4) is 0 Å². The van der Waals surface area contributed by atoms with Crippen LogP contribution in [-0.4, -0.2) is 47.7 Å². The number of aliphatic carboxylic acids is 1. The summed E-state index contributed by atoms with van der Waals surface area (Å²) in [6.45, 7) is 5.33. The molecule has 1 rings (SSSR count). The lowest BCUT2D eigenvalue weighted by atomic mass is 10.0. The normalized spacial score (nSPS) is 20.9. The van der Waals surface area contributed by atoms with E-state index < -0.39 is 11.5 Å². The van der Waals surface area contributed by atoms with E-state index in [2.05, 4.69) is 17.1 Å². The number of nitrogens with one attached hydrogen (secondary N) is 1. The Labute approximate surface area is 85.3 Å². The SMILES string of the molecule is CCN(CC(C)(NC)C(=O)O)C1CC1. The van der Waals surface area contributed by atoms with E-state index in [0.29, 0.717) is 12.6 Å². The van der Waals surface area contributed by atoms with Crippen LogP contribution in [0.25, 0.3) is 0 Å². The van der Waals surface area contributed by atoms with E-state index in [9.17, 15) is 4.79 Å². The van der Waals surface area contributed by atoms with E-state index in [1.807, 2.05) is 0 Å². The van der Waals surface area contributed by atoms with Gasteiger partial charge in [-0.2, -0.15) is 0 Å². The summed E-state index contributed by atoms with van der Waals surface area (Å²) in [4.78, 5) is 13.3. The molecule has 0 heterocycles. The molecule has 1 atom stereocenters. The zero-order chi connectivity index (χ0) is 10.8.